The average Bonchev–Trinajstić information content (AvgIpc) is 2.83. The molecular formula is C14H13BrN2OS. The molecule has 0 saturated heterocycles. The van der Waals surface area contributed by atoms with Crippen molar-refractivity contribution in [1.82, 2.24) is 5.43 Å². The van der Waals surface area contributed by atoms with Crippen LogP contribution in [0.4, 0.5) is 0 Å². The number of hydrogen-bond acceptors (Lipinski definition) is 3. The Kier molecular flexibility index (Phi) is 4.50. The smallest absolute Gasteiger partial charge is 0.267 e. The molecule has 3 nitrogen and oxygen atoms in total. The molecule has 0 aliphatic heterocycles. The van der Waals surface area contributed by atoms with Gasteiger partial charge in [-0.2, -0.15) is 5.10 Å². The van der Waals surface area contributed by atoms with Crippen molar-refractivity contribution in [2.45, 2.75) is 13.8 Å². The van der Waals surface area contributed by atoms with Gasteiger partial charge in [0.15, 0.2) is 0 Å². The Morgan fingerprint density at radius 3 is 2.47 bits per heavy atom. The predicted molar refractivity (Wildman–Crippen MR) is 82.9 cm³/mol. The zero-order valence-corrected chi connectivity index (χ0v) is 13.0. The van der Waals surface area contributed by atoms with E-state index in [1.165, 1.54) is 0 Å². The largest absolute Gasteiger partial charge is 0.271 e. The number of benzene rings is 1. The lowest BCUT2D eigenvalue weighted by atomic mass is 10.1. The highest BCUT2D eigenvalue weighted by atomic mass is 79.9. The van der Waals surface area contributed by atoms with Gasteiger partial charge in [0.2, 0.25) is 0 Å². The van der Waals surface area contributed by atoms with Gasteiger partial charge in [-0.05, 0) is 54.0 Å². The van der Waals surface area contributed by atoms with Crippen LogP contribution in [-0.2, 0) is 0 Å². The summed E-state index contributed by atoms with van der Waals surface area (Å²) in [7, 11) is 0. The van der Waals surface area contributed by atoms with E-state index in [2.05, 4.69) is 26.5 Å². The number of carbonyl (C=O) groups excluding carboxylic acids is 1. The Morgan fingerprint density at radius 1 is 1.21 bits per heavy atom. The molecule has 2 aromatic rings. The van der Waals surface area contributed by atoms with E-state index in [0.717, 1.165) is 19.9 Å². The average molecular weight is 337 g/mol. The minimum Gasteiger partial charge on any atom is -0.267 e. The van der Waals surface area contributed by atoms with Crippen molar-refractivity contribution < 1.29 is 4.79 Å². The van der Waals surface area contributed by atoms with Crippen LogP contribution in [0.2, 0.25) is 0 Å². The summed E-state index contributed by atoms with van der Waals surface area (Å²) in [5, 5.41) is 4.11. The summed E-state index contributed by atoms with van der Waals surface area (Å²) < 4.78 is 1.04. The van der Waals surface area contributed by atoms with Crippen LogP contribution < -0.4 is 5.43 Å². The van der Waals surface area contributed by atoms with E-state index in [1.807, 2.05) is 38.1 Å². The molecule has 1 aromatic heterocycles. The molecule has 98 valence electrons. The van der Waals surface area contributed by atoms with Gasteiger partial charge in [-0.1, -0.05) is 17.7 Å². The number of carbonyl (C=O) groups is 1. The van der Waals surface area contributed by atoms with Gasteiger partial charge in [0.1, 0.15) is 0 Å². The van der Waals surface area contributed by atoms with Crippen LogP contribution >= 0.6 is 27.3 Å². The van der Waals surface area contributed by atoms with E-state index < -0.39 is 0 Å². The Labute approximate surface area is 124 Å². The first-order valence-electron chi connectivity index (χ1n) is 5.73. The van der Waals surface area contributed by atoms with Crippen molar-refractivity contribution >= 4 is 38.9 Å². The summed E-state index contributed by atoms with van der Waals surface area (Å²) in [6, 6.07) is 11.3. The highest BCUT2D eigenvalue weighted by molar-refractivity contribution is 9.11. The van der Waals surface area contributed by atoms with E-state index in [-0.39, 0.29) is 5.91 Å². The third-order valence-corrected chi connectivity index (χ3v) is 4.30. The first-order chi connectivity index (χ1) is 9.06. The molecule has 0 spiro atoms. The molecule has 0 fully saturated rings. The van der Waals surface area contributed by atoms with Gasteiger partial charge < -0.3 is 0 Å². The van der Waals surface area contributed by atoms with Gasteiger partial charge in [-0.15, -0.1) is 11.3 Å². The zero-order valence-electron chi connectivity index (χ0n) is 10.6. The van der Waals surface area contributed by atoms with E-state index >= 15 is 0 Å². The fourth-order valence-corrected chi connectivity index (χ4v) is 2.80. The van der Waals surface area contributed by atoms with Gasteiger partial charge in [0.25, 0.3) is 5.91 Å². The summed E-state index contributed by atoms with van der Waals surface area (Å²) in [4.78, 5) is 12.9. The van der Waals surface area contributed by atoms with Crippen LogP contribution in [0.25, 0.3) is 0 Å². The van der Waals surface area contributed by atoms with Crippen molar-refractivity contribution in [3.8, 4) is 0 Å². The maximum Gasteiger partial charge on any atom is 0.271 e. The van der Waals surface area contributed by atoms with Crippen LogP contribution in [-0.4, -0.2) is 11.6 Å². The van der Waals surface area contributed by atoms with Crippen LogP contribution in [0.3, 0.4) is 0 Å². The molecule has 1 amide bonds. The fourth-order valence-electron chi connectivity index (χ4n) is 1.47. The van der Waals surface area contributed by atoms with Gasteiger partial charge in [0, 0.05) is 5.56 Å². The number of nitrogens with zero attached hydrogens (tertiary/aromatic N) is 1. The molecule has 1 heterocycles. The molecule has 1 aromatic carbocycles. The van der Waals surface area contributed by atoms with Crippen molar-refractivity contribution in [2.24, 2.45) is 5.10 Å². The van der Waals surface area contributed by atoms with Gasteiger partial charge in [0.05, 0.1) is 14.4 Å². The van der Waals surface area contributed by atoms with E-state index in [1.54, 1.807) is 23.5 Å². The quantitative estimate of drug-likeness (QED) is 0.668. The summed E-state index contributed by atoms with van der Waals surface area (Å²) in [6.07, 6.45) is 0. The molecule has 5 heteroatoms. The van der Waals surface area contributed by atoms with Crippen molar-refractivity contribution in [1.29, 1.82) is 0 Å². The van der Waals surface area contributed by atoms with Crippen molar-refractivity contribution in [3.05, 3.63) is 56.2 Å². The normalized spacial score (nSPS) is 11.4. The first-order valence-corrected chi connectivity index (χ1v) is 7.34. The van der Waals surface area contributed by atoms with E-state index in [0.29, 0.717) is 5.56 Å². The number of halogens is 1. The standard InChI is InChI=1S/C14H13BrN2OS/c1-9-3-5-11(6-4-9)14(18)17-16-10(2)12-7-8-13(15)19-12/h3-8H,1-2H3,(H,17,18)/b16-10+. The maximum absolute atomic E-state index is 11.9. The summed E-state index contributed by atoms with van der Waals surface area (Å²) in [5.74, 6) is -0.199. The molecule has 0 atom stereocenters. The lowest BCUT2D eigenvalue weighted by Crippen LogP contribution is -2.19. The second kappa shape index (κ2) is 6.12. The molecule has 0 radical (unpaired) electrons. The Bertz CT molecular complexity index is 617. The highest BCUT2D eigenvalue weighted by Crippen LogP contribution is 2.22. The predicted octanol–water partition coefficient (Wildman–Crippen LogP) is 3.97. The Balaban J connectivity index is 2.05. The first kappa shape index (κ1) is 14.0. The van der Waals surface area contributed by atoms with Crippen LogP contribution in [0.15, 0.2) is 45.3 Å². The summed E-state index contributed by atoms with van der Waals surface area (Å²) in [6.45, 7) is 3.85. The van der Waals surface area contributed by atoms with E-state index in [9.17, 15) is 4.79 Å². The van der Waals surface area contributed by atoms with Gasteiger partial charge in [-0.3, -0.25) is 4.79 Å². The molecule has 19 heavy (non-hydrogen) atoms. The van der Waals surface area contributed by atoms with Crippen LogP contribution in [0, 0.1) is 6.92 Å². The second-order valence-electron chi connectivity index (χ2n) is 4.11. The molecule has 0 aliphatic rings. The number of hydrazone groups is 1. The fraction of sp³-hybridized carbons (Fsp3) is 0.143. The third kappa shape index (κ3) is 3.75. The Hall–Kier alpha value is -1.46. The number of rotatable bonds is 3. The number of nitrogens with one attached hydrogen (secondary N) is 1. The molecular weight excluding hydrogens is 324 g/mol. The van der Waals surface area contributed by atoms with Crippen molar-refractivity contribution in [3.63, 3.8) is 0 Å². The third-order valence-electron chi connectivity index (χ3n) is 2.57. The topological polar surface area (TPSA) is 41.5 Å². The lowest BCUT2D eigenvalue weighted by molar-refractivity contribution is 0.0955. The van der Waals surface area contributed by atoms with Crippen LogP contribution in [0.1, 0.15) is 27.7 Å². The van der Waals surface area contributed by atoms with Gasteiger partial charge in [-0.25, -0.2) is 5.43 Å². The number of thiophene rings is 1. The van der Waals surface area contributed by atoms with Crippen LogP contribution in [0.5, 0.6) is 0 Å². The minimum absolute atomic E-state index is 0.199. The molecule has 1 N–H and O–H groups in total. The van der Waals surface area contributed by atoms with Gasteiger partial charge >= 0.3 is 0 Å². The minimum atomic E-state index is -0.199. The molecule has 0 unspecified atom stereocenters. The molecule has 0 saturated carbocycles. The monoisotopic (exact) mass is 336 g/mol. The number of amides is 1. The number of aryl methyl sites for hydroxylation is 1. The molecule has 2 rings (SSSR count). The maximum atomic E-state index is 11.9. The summed E-state index contributed by atoms with van der Waals surface area (Å²) >= 11 is 4.98. The molecule has 0 aliphatic carbocycles. The lowest BCUT2D eigenvalue weighted by Gasteiger charge is -2.01. The zero-order chi connectivity index (χ0) is 13.8. The second-order valence-corrected chi connectivity index (χ2v) is 6.57. The summed E-state index contributed by atoms with van der Waals surface area (Å²) in [5.41, 5.74) is 5.09. The SMILES string of the molecule is C/C(=N\NC(=O)c1ccc(C)cc1)c1ccc(Br)s1. The highest BCUT2D eigenvalue weighted by Gasteiger charge is 2.05. The number of hydrogen-bond donors (Lipinski definition) is 1. The van der Waals surface area contributed by atoms with E-state index in [4.69, 9.17) is 0 Å². The Morgan fingerprint density at radius 2 is 1.89 bits per heavy atom. The molecule has 0 bridgehead atoms. The van der Waals surface area contributed by atoms with Crippen molar-refractivity contribution in [2.75, 3.05) is 0 Å².